The molecule has 0 unspecified atom stereocenters. The van der Waals surface area contributed by atoms with Gasteiger partial charge in [0.05, 0.1) is 10.7 Å². The van der Waals surface area contributed by atoms with Crippen LogP contribution in [0.25, 0.3) is 27.6 Å². The van der Waals surface area contributed by atoms with Crippen molar-refractivity contribution in [3.05, 3.63) is 98.8 Å². The van der Waals surface area contributed by atoms with Gasteiger partial charge in [-0.3, -0.25) is 0 Å². The maximum atomic E-state index is 12.9. The van der Waals surface area contributed by atoms with Crippen LogP contribution in [0.2, 0.25) is 5.02 Å². The Labute approximate surface area is 193 Å². The van der Waals surface area contributed by atoms with Crippen LogP contribution >= 0.6 is 11.6 Å². The molecule has 3 heterocycles. The zero-order chi connectivity index (χ0) is 23.1. The predicted molar refractivity (Wildman–Crippen MR) is 125 cm³/mol. The number of rotatable bonds is 4. The van der Waals surface area contributed by atoms with Gasteiger partial charge in [0.1, 0.15) is 12.2 Å². The SMILES string of the molecule is Cc1cc(C)n(-c2ccc(Cl)c(C(=O)OCc3cc(=O)oc4ccc5ccccc5c34)n2)n1. The van der Waals surface area contributed by atoms with Gasteiger partial charge in [0.2, 0.25) is 0 Å². The zero-order valence-corrected chi connectivity index (χ0v) is 18.6. The fourth-order valence-electron chi connectivity index (χ4n) is 3.90. The van der Waals surface area contributed by atoms with E-state index < -0.39 is 11.6 Å². The number of aromatic nitrogens is 3. The molecule has 0 spiro atoms. The molecule has 8 heteroatoms. The van der Waals surface area contributed by atoms with Gasteiger partial charge in [-0.05, 0) is 48.9 Å². The molecule has 0 aliphatic heterocycles. The second-order valence-electron chi connectivity index (χ2n) is 7.67. The van der Waals surface area contributed by atoms with Crippen LogP contribution in [0.1, 0.15) is 27.4 Å². The van der Waals surface area contributed by atoms with Crippen molar-refractivity contribution >= 4 is 39.3 Å². The maximum Gasteiger partial charge on any atom is 0.358 e. The number of esters is 1. The molecule has 0 atom stereocenters. The van der Waals surface area contributed by atoms with Crippen molar-refractivity contribution in [3.63, 3.8) is 0 Å². The summed E-state index contributed by atoms with van der Waals surface area (Å²) in [7, 11) is 0. The average molecular weight is 460 g/mol. The number of halogens is 1. The third kappa shape index (κ3) is 3.87. The molecule has 3 aromatic heterocycles. The van der Waals surface area contributed by atoms with E-state index in [0.29, 0.717) is 17.0 Å². The minimum Gasteiger partial charge on any atom is -0.456 e. The monoisotopic (exact) mass is 459 g/mol. The first-order chi connectivity index (χ1) is 15.9. The summed E-state index contributed by atoms with van der Waals surface area (Å²) in [4.78, 5) is 29.4. The first-order valence-corrected chi connectivity index (χ1v) is 10.6. The summed E-state index contributed by atoms with van der Waals surface area (Å²) in [5, 5.41) is 7.15. The molecule has 0 aliphatic carbocycles. The van der Waals surface area contributed by atoms with Crippen molar-refractivity contribution in [1.82, 2.24) is 14.8 Å². The lowest BCUT2D eigenvalue weighted by molar-refractivity contribution is 0.0467. The first-order valence-electron chi connectivity index (χ1n) is 10.2. The summed E-state index contributed by atoms with van der Waals surface area (Å²) in [5.41, 5.74) is 2.11. The third-order valence-corrected chi connectivity index (χ3v) is 5.63. The number of carbonyl (C=O) groups excluding carboxylic acids is 1. The molecule has 0 radical (unpaired) electrons. The zero-order valence-electron chi connectivity index (χ0n) is 17.8. The van der Waals surface area contributed by atoms with Crippen molar-refractivity contribution in [2.75, 3.05) is 0 Å². The Bertz CT molecular complexity index is 1600. The number of carbonyl (C=O) groups is 1. The number of hydrogen-bond donors (Lipinski definition) is 0. The van der Waals surface area contributed by atoms with E-state index in [0.717, 1.165) is 27.5 Å². The highest BCUT2D eigenvalue weighted by molar-refractivity contribution is 6.33. The van der Waals surface area contributed by atoms with Crippen LogP contribution < -0.4 is 5.63 Å². The van der Waals surface area contributed by atoms with Gasteiger partial charge in [-0.15, -0.1) is 0 Å². The summed E-state index contributed by atoms with van der Waals surface area (Å²) in [6, 6.07) is 17.8. The van der Waals surface area contributed by atoms with Gasteiger partial charge >= 0.3 is 11.6 Å². The number of hydrogen-bond acceptors (Lipinski definition) is 6. The Morgan fingerprint density at radius 2 is 1.91 bits per heavy atom. The maximum absolute atomic E-state index is 12.9. The smallest absolute Gasteiger partial charge is 0.358 e. The molecule has 0 aliphatic rings. The second kappa shape index (κ2) is 8.18. The quantitative estimate of drug-likeness (QED) is 0.210. The van der Waals surface area contributed by atoms with Crippen molar-refractivity contribution in [2.45, 2.75) is 20.5 Å². The summed E-state index contributed by atoms with van der Waals surface area (Å²) >= 11 is 6.25. The second-order valence-corrected chi connectivity index (χ2v) is 8.07. The van der Waals surface area contributed by atoms with E-state index >= 15 is 0 Å². The predicted octanol–water partition coefficient (Wildman–Crippen LogP) is 5.15. The summed E-state index contributed by atoms with van der Waals surface area (Å²) in [5.74, 6) is -0.251. The van der Waals surface area contributed by atoms with Crippen LogP contribution in [0, 0.1) is 13.8 Å². The average Bonchev–Trinajstić information content (AvgIpc) is 3.14. The van der Waals surface area contributed by atoms with Crippen LogP contribution in [-0.2, 0) is 11.3 Å². The van der Waals surface area contributed by atoms with Crippen LogP contribution in [0.4, 0.5) is 0 Å². The van der Waals surface area contributed by atoms with Gasteiger partial charge in [-0.2, -0.15) is 5.10 Å². The first kappa shape index (κ1) is 20.9. The summed E-state index contributed by atoms with van der Waals surface area (Å²) in [6.07, 6.45) is 0. The lowest BCUT2D eigenvalue weighted by Gasteiger charge is -2.11. The molecule has 33 heavy (non-hydrogen) atoms. The minimum atomic E-state index is -0.704. The van der Waals surface area contributed by atoms with Crippen LogP contribution in [0.3, 0.4) is 0 Å². The number of fused-ring (bicyclic) bond motifs is 3. The highest BCUT2D eigenvalue weighted by Gasteiger charge is 2.18. The molecule has 5 rings (SSSR count). The number of ether oxygens (including phenoxy) is 1. The Balaban J connectivity index is 1.50. The van der Waals surface area contributed by atoms with Gasteiger partial charge < -0.3 is 9.15 Å². The van der Waals surface area contributed by atoms with E-state index in [1.54, 1.807) is 22.9 Å². The number of benzene rings is 2. The Kier molecular flexibility index (Phi) is 5.18. The topological polar surface area (TPSA) is 87.2 Å². The number of aryl methyl sites for hydroxylation is 2. The van der Waals surface area contributed by atoms with E-state index in [-0.39, 0.29) is 17.3 Å². The highest BCUT2D eigenvalue weighted by Crippen LogP contribution is 2.28. The molecule has 0 N–H and O–H groups in total. The molecule has 0 saturated heterocycles. The van der Waals surface area contributed by atoms with Crippen molar-refractivity contribution < 1.29 is 13.9 Å². The Morgan fingerprint density at radius 3 is 2.70 bits per heavy atom. The van der Waals surface area contributed by atoms with E-state index in [9.17, 15) is 9.59 Å². The lowest BCUT2D eigenvalue weighted by atomic mass is 10.0. The van der Waals surface area contributed by atoms with Crippen LogP contribution in [-0.4, -0.2) is 20.7 Å². The molecule has 2 aromatic carbocycles. The molecule has 0 amide bonds. The van der Waals surface area contributed by atoms with Gasteiger partial charge in [0, 0.05) is 22.7 Å². The summed E-state index contributed by atoms with van der Waals surface area (Å²) < 4.78 is 12.5. The fraction of sp³-hybridized carbons (Fsp3) is 0.120. The van der Waals surface area contributed by atoms with Crippen molar-refractivity contribution in [1.29, 1.82) is 0 Å². The van der Waals surface area contributed by atoms with Crippen molar-refractivity contribution in [2.24, 2.45) is 0 Å². The van der Waals surface area contributed by atoms with Crippen LogP contribution in [0.15, 0.2) is 69.9 Å². The normalized spacial score (nSPS) is 11.2. The number of nitrogens with zero attached hydrogens (tertiary/aromatic N) is 3. The standard InChI is InChI=1S/C25H18ClN3O4/c1-14-11-15(2)29(28-14)21-10-8-19(26)24(27-21)25(31)32-13-17-12-22(30)33-20-9-7-16-5-3-4-6-18(16)23(17)20/h3-12H,13H2,1-2H3. The Hall–Kier alpha value is -3.97. The van der Waals surface area contributed by atoms with Gasteiger partial charge in [-0.1, -0.05) is 41.9 Å². The Morgan fingerprint density at radius 1 is 1.09 bits per heavy atom. The van der Waals surface area contributed by atoms with E-state index in [1.807, 2.05) is 50.2 Å². The van der Waals surface area contributed by atoms with Gasteiger partial charge in [0.25, 0.3) is 0 Å². The van der Waals surface area contributed by atoms with E-state index in [1.165, 1.54) is 6.07 Å². The largest absolute Gasteiger partial charge is 0.456 e. The van der Waals surface area contributed by atoms with E-state index in [4.69, 9.17) is 20.8 Å². The van der Waals surface area contributed by atoms with Crippen molar-refractivity contribution in [3.8, 4) is 5.82 Å². The molecule has 0 saturated carbocycles. The molecule has 0 fully saturated rings. The van der Waals surface area contributed by atoms with Gasteiger partial charge in [0.15, 0.2) is 11.5 Å². The molecule has 5 aromatic rings. The molecular weight excluding hydrogens is 442 g/mol. The fourth-order valence-corrected chi connectivity index (χ4v) is 4.08. The summed E-state index contributed by atoms with van der Waals surface area (Å²) in [6.45, 7) is 3.63. The lowest BCUT2D eigenvalue weighted by Crippen LogP contribution is -2.12. The number of pyridine rings is 1. The highest BCUT2D eigenvalue weighted by atomic mass is 35.5. The molecular formula is C25H18ClN3O4. The third-order valence-electron chi connectivity index (χ3n) is 5.32. The van der Waals surface area contributed by atoms with E-state index in [2.05, 4.69) is 10.1 Å². The van der Waals surface area contributed by atoms with Crippen LogP contribution in [0.5, 0.6) is 0 Å². The molecule has 164 valence electrons. The molecule has 0 bridgehead atoms. The minimum absolute atomic E-state index is 0.0288. The van der Waals surface area contributed by atoms with Gasteiger partial charge in [-0.25, -0.2) is 19.3 Å². The molecule has 7 nitrogen and oxygen atoms in total.